The van der Waals surface area contributed by atoms with E-state index in [1.165, 1.54) is 0 Å². The Morgan fingerprint density at radius 3 is 3.00 bits per heavy atom. The van der Waals surface area contributed by atoms with Crippen molar-refractivity contribution in [3.63, 3.8) is 0 Å². The molecule has 5 heteroatoms. The summed E-state index contributed by atoms with van der Waals surface area (Å²) < 4.78 is 0. The summed E-state index contributed by atoms with van der Waals surface area (Å²) in [5.41, 5.74) is 0.576. The first kappa shape index (κ1) is 12.0. The van der Waals surface area contributed by atoms with Crippen LogP contribution < -0.4 is 5.32 Å². The molecule has 0 aliphatic carbocycles. The van der Waals surface area contributed by atoms with Gasteiger partial charge in [-0.2, -0.15) is 0 Å². The van der Waals surface area contributed by atoms with Crippen LogP contribution in [-0.2, 0) is 4.79 Å². The molecule has 0 spiro atoms. The van der Waals surface area contributed by atoms with Gasteiger partial charge in [0.25, 0.3) is 5.91 Å². The van der Waals surface area contributed by atoms with Gasteiger partial charge in [0.05, 0.1) is 6.54 Å². The molecule has 0 aromatic heterocycles. The van der Waals surface area contributed by atoms with Crippen LogP contribution in [-0.4, -0.2) is 36.3 Å². The molecule has 0 radical (unpaired) electrons. The molecular formula is C12H14N2O2S. The Hall–Kier alpha value is -1.49. The van der Waals surface area contributed by atoms with E-state index in [2.05, 4.69) is 17.9 Å². The zero-order valence-corrected chi connectivity index (χ0v) is 10.2. The van der Waals surface area contributed by atoms with Gasteiger partial charge in [0.2, 0.25) is 5.91 Å². The molecule has 1 aliphatic rings. The lowest BCUT2D eigenvalue weighted by Crippen LogP contribution is -2.37. The number of rotatable bonds is 1. The highest BCUT2D eigenvalue weighted by Crippen LogP contribution is 2.12. The Labute approximate surface area is 105 Å². The lowest BCUT2D eigenvalue weighted by Gasteiger charge is -2.19. The Morgan fingerprint density at radius 1 is 1.41 bits per heavy atom. The van der Waals surface area contributed by atoms with Crippen LogP contribution in [0.1, 0.15) is 16.8 Å². The van der Waals surface area contributed by atoms with Crippen molar-refractivity contribution < 1.29 is 9.59 Å². The summed E-state index contributed by atoms with van der Waals surface area (Å²) in [5, 5.41) is 2.74. The maximum Gasteiger partial charge on any atom is 0.254 e. The second-order valence-corrected chi connectivity index (χ2v) is 4.50. The van der Waals surface area contributed by atoms with E-state index < -0.39 is 0 Å². The van der Waals surface area contributed by atoms with Gasteiger partial charge in [-0.25, -0.2) is 0 Å². The van der Waals surface area contributed by atoms with Crippen LogP contribution in [0.15, 0.2) is 29.2 Å². The summed E-state index contributed by atoms with van der Waals surface area (Å²) in [5.74, 6) is -0.212. The second kappa shape index (κ2) is 5.23. The van der Waals surface area contributed by atoms with Crippen molar-refractivity contribution in [1.82, 2.24) is 10.2 Å². The largest absolute Gasteiger partial charge is 0.354 e. The van der Waals surface area contributed by atoms with Gasteiger partial charge in [0.1, 0.15) is 0 Å². The zero-order valence-electron chi connectivity index (χ0n) is 9.35. The third kappa shape index (κ3) is 3.00. The van der Waals surface area contributed by atoms with Gasteiger partial charge in [0.15, 0.2) is 0 Å². The van der Waals surface area contributed by atoms with Gasteiger partial charge in [-0.05, 0) is 24.6 Å². The van der Waals surface area contributed by atoms with E-state index in [9.17, 15) is 9.59 Å². The molecule has 0 saturated carbocycles. The van der Waals surface area contributed by atoms with Crippen LogP contribution in [0.2, 0.25) is 0 Å². The maximum atomic E-state index is 12.2. The van der Waals surface area contributed by atoms with Crippen molar-refractivity contribution in [3.8, 4) is 0 Å². The van der Waals surface area contributed by atoms with Crippen molar-refractivity contribution >= 4 is 24.4 Å². The van der Waals surface area contributed by atoms with E-state index in [0.29, 0.717) is 18.7 Å². The number of carbonyl (C=O) groups is 2. The molecule has 0 unspecified atom stereocenters. The van der Waals surface area contributed by atoms with Gasteiger partial charge in [-0.3, -0.25) is 9.59 Å². The highest BCUT2D eigenvalue weighted by molar-refractivity contribution is 7.80. The molecule has 1 heterocycles. The van der Waals surface area contributed by atoms with E-state index >= 15 is 0 Å². The van der Waals surface area contributed by atoms with Gasteiger partial charge in [0, 0.05) is 23.5 Å². The Kier molecular flexibility index (Phi) is 3.68. The lowest BCUT2D eigenvalue weighted by molar-refractivity contribution is -0.121. The minimum atomic E-state index is -0.113. The van der Waals surface area contributed by atoms with E-state index in [0.717, 1.165) is 11.3 Å². The van der Waals surface area contributed by atoms with E-state index in [4.69, 9.17) is 0 Å². The molecule has 1 aromatic carbocycles. The lowest BCUT2D eigenvalue weighted by atomic mass is 10.2. The summed E-state index contributed by atoms with van der Waals surface area (Å²) in [6.07, 6.45) is 0.790. The molecule has 1 aromatic rings. The van der Waals surface area contributed by atoms with Crippen molar-refractivity contribution in [1.29, 1.82) is 0 Å². The predicted molar refractivity (Wildman–Crippen MR) is 67.2 cm³/mol. The van der Waals surface area contributed by atoms with E-state index in [-0.39, 0.29) is 18.4 Å². The highest BCUT2D eigenvalue weighted by atomic mass is 32.1. The Morgan fingerprint density at radius 2 is 2.24 bits per heavy atom. The maximum absolute atomic E-state index is 12.2. The fraction of sp³-hybridized carbons (Fsp3) is 0.333. The molecule has 0 atom stereocenters. The normalized spacial score (nSPS) is 16.3. The molecule has 90 valence electrons. The summed E-state index contributed by atoms with van der Waals surface area (Å²) in [7, 11) is 0. The Bertz CT molecular complexity index is 448. The molecule has 2 amide bonds. The Balaban J connectivity index is 2.16. The van der Waals surface area contributed by atoms with Crippen molar-refractivity contribution in [2.45, 2.75) is 11.3 Å². The molecule has 1 fully saturated rings. The number of amides is 2. The highest BCUT2D eigenvalue weighted by Gasteiger charge is 2.20. The van der Waals surface area contributed by atoms with Crippen LogP contribution in [0.5, 0.6) is 0 Å². The first-order valence-corrected chi connectivity index (χ1v) is 5.96. The topological polar surface area (TPSA) is 49.4 Å². The molecule has 17 heavy (non-hydrogen) atoms. The minimum Gasteiger partial charge on any atom is -0.354 e. The number of thiol groups is 1. The summed E-state index contributed by atoms with van der Waals surface area (Å²) in [6, 6.07) is 7.06. The number of hydrogen-bond acceptors (Lipinski definition) is 3. The van der Waals surface area contributed by atoms with Crippen LogP contribution in [0.25, 0.3) is 0 Å². The van der Waals surface area contributed by atoms with Crippen LogP contribution >= 0.6 is 12.6 Å². The van der Waals surface area contributed by atoms with Crippen LogP contribution in [0.4, 0.5) is 0 Å². The number of carbonyl (C=O) groups excluding carboxylic acids is 2. The predicted octanol–water partition coefficient (Wildman–Crippen LogP) is 0.937. The molecule has 0 bridgehead atoms. The van der Waals surface area contributed by atoms with Gasteiger partial charge in [-0.15, -0.1) is 12.6 Å². The second-order valence-electron chi connectivity index (χ2n) is 3.98. The number of nitrogens with zero attached hydrogens (tertiary/aromatic N) is 1. The summed E-state index contributed by atoms with van der Waals surface area (Å²) in [4.78, 5) is 25.9. The summed E-state index contributed by atoms with van der Waals surface area (Å²) in [6.45, 7) is 1.37. The molecule has 2 rings (SSSR count). The third-order valence-electron chi connectivity index (χ3n) is 2.64. The van der Waals surface area contributed by atoms with Crippen molar-refractivity contribution in [2.75, 3.05) is 19.6 Å². The number of nitrogens with one attached hydrogen (secondary N) is 1. The first-order chi connectivity index (χ1) is 8.16. The average molecular weight is 250 g/mol. The zero-order chi connectivity index (χ0) is 12.3. The molecule has 4 nitrogen and oxygen atoms in total. The van der Waals surface area contributed by atoms with Crippen LogP contribution in [0, 0.1) is 0 Å². The van der Waals surface area contributed by atoms with Gasteiger partial charge >= 0.3 is 0 Å². The third-order valence-corrected chi connectivity index (χ3v) is 2.92. The average Bonchev–Trinajstić information content (AvgIpc) is 2.53. The minimum absolute atomic E-state index is 0.0992. The van der Waals surface area contributed by atoms with Crippen molar-refractivity contribution in [2.24, 2.45) is 0 Å². The molecular weight excluding hydrogens is 236 g/mol. The standard InChI is InChI=1S/C12H14N2O2S/c15-11-8-14(6-2-5-13-11)12(16)9-3-1-4-10(17)7-9/h1,3-4,7,17H,2,5-6,8H2,(H,13,15). The van der Waals surface area contributed by atoms with Crippen molar-refractivity contribution in [3.05, 3.63) is 29.8 Å². The van der Waals surface area contributed by atoms with E-state index in [1.54, 1.807) is 23.1 Å². The number of benzene rings is 1. The monoisotopic (exact) mass is 250 g/mol. The quantitative estimate of drug-likeness (QED) is 0.729. The van der Waals surface area contributed by atoms with Gasteiger partial charge in [-0.1, -0.05) is 6.07 Å². The van der Waals surface area contributed by atoms with E-state index in [1.807, 2.05) is 6.07 Å². The summed E-state index contributed by atoms with van der Waals surface area (Å²) >= 11 is 4.20. The first-order valence-electron chi connectivity index (χ1n) is 5.52. The van der Waals surface area contributed by atoms with Crippen LogP contribution in [0.3, 0.4) is 0 Å². The molecule has 1 aliphatic heterocycles. The molecule has 1 N–H and O–H groups in total. The van der Waals surface area contributed by atoms with Gasteiger partial charge < -0.3 is 10.2 Å². The fourth-order valence-corrected chi connectivity index (χ4v) is 2.03. The fourth-order valence-electron chi connectivity index (χ4n) is 1.80. The number of hydrogen-bond donors (Lipinski definition) is 2. The molecule has 1 saturated heterocycles. The SMILES string of the molecule is O=C1CN(C(=O)c2cccc(S)c2)CCCN1. The smallest absolute Gasteiger partial charge is 0.254 e.